The first-order valence-corrected chi connectivity index (χ1v) is 4.81. The molecule has 0 saturated carbocycles. The van der Waals surface area contributed by atoms with Gasteiger partial charge in [-0.1, -0.05) is 11.6 Å². The van der Waals surface area contributed by atoms with Crippen molar-refractivity contribution in [2.24, 2.45) is 0 Å². The number of halogens is 2. The molecule has 1 rings (SSSR count). The van der Waals surface area contributed by atoms with Gasteiger partial charge in [0.15, 0.2) is 11.6 Å². The highest BCUT2D eigenvalue weighted by molar-refractivity contribution is 6.32. The fraction of sp³-hybridized carbons (Fsp3) is 0.222. The summed E-state index contributed by atoms with van der Waals surface area (Å²) < 4.78 is 22.1. The van der Waals surface area contributed by atoms with Crippen molar-refractivity contribution in [1.29, 1.82) is 0 Å². The van der Waals surface area contributed by atoms with Crippen molar-refractivity contribution in [3.63, 3.8) is 0 Å². The molecule has 8 heteroatoms. The van der Waals surface area contributed by atoms with E-state index in [-0.39, 0.29) is 11.6 Å². The van der Waals surface area contributed by atoms with E-state index < -0.39 is 28.3 Å². The first-order chi connectivity index (χ1) is 7.95. The van der Waals surface area contributed by atoms with Crippen molar-refractivity contribution in [3.8, 4) is 5.75 Å². The summed E-state index contributed by atoms with van der Waals surface area (Å²) >= 11 is 5.44. The van der Waals surface area contributed by atoms with E-state index in [1.54, 1.807) is 0 Å². The lowest BCUT2D eigenvalue weighted by atomic mass is 10.3. The highest BCUT2D eigenvalue weighted by Gasteiger charge is 2.20. The van der Waals surface area contributed by atoms with Crippen LogP contribution in [0.1, 0.15) is 6.92 Å². The van der Waals surface area contributed by atoms with E-state index in [1.165, 1.54) is 6.92 Å². The summed E-state index contributed by atoms with van der Waals surface area (Å²) in [7, 11) is 0. The van der Waals surface area contributed by atoms with E-state index in [0.29, 0.717) is 12.1 Å². The Balaban J connectivity index is 3.03. The van der Waals surface area contributed by atoms with Crippen molar-refractivity contribution in [3.05, 3.63) is 33.1 Å². The zero-order chi connectivity index (χ0) is 13.0. The van der Waals surface area contributed by atoms with E-state index in [4.69, 9.17) is 11.6 Å². The molecule has 0 aliphatic carbocycles. The maximum Gasteiger partial charge on any atom is 0.513 e. The lowest BCUT2D eigenvalue weighted by Crippen LogP contribution is -2.11. The Bertz CT molecular complexity index is 465. The second-order valence-electron chi connectivity index (χ2n) is 2.78. The van der Waals surface area contributed by atoms with E-state index in [0.717, 1.165) is 0 Å². The van der Waals surface area contributed by atoms with Crippen LogP contribution in [0.25, 0.3) is 0 Å². The highest BCUT2D eigenvalue weighted by atomic mass is 35.5. The molecule has 0 atom stereocenters. The molecule has 0 amide bonds. The molecule has 0 aromatic heterocycles. The Morgan fingerprint density at radius 3 is 2.76 bits per heavy atom. The van der Waals surface area contributed by atoms with Gasteiger partial charge in [0.2, 0.25) is 0 Å². The van der Waals surface area contributed by atoms with Gasteiger partial charge in [0.05, 0.1) is 17.6 Å². The number of rotatable bonds is 3. The Morgan fingerprint density at radius 2 is 2.24 bits per heavy atom. The zero-order valence-corrected chi connectivity index (χ0v) is 9.36. The number of hydrogen-bond donors (Lipinski definition) is 0. The quantitative estimate of drug-likeness (QED) is 0.362. The summed E-state index contributed by atoms with van der Waals surface area (Å²) in [6.07, 6.45) is -1.15. The second-order valence-corrected chi connectivity index (χ2v) is 3.18. The molecule has 0 fully saturated rings. The molecule has 0 saturated heterocycles. The van der Waals surface area contributed by atoms with Gasteiger partial charge in [0.25, 0.3) is 5.69 Å². The van der Waals surface area contributed by atoms with Crippen molar-refractivity contribution in [2.45, 2.75) is 6.92 Å². The average molecular weight is 264 g/mol. The van der Waals surface area contributed by atoms with Crippen LogP contribution in [0, 0.1) is 15.9 Å². The van der Waals surface area contributed by atoms with Crippen LogP contribution in [0.5, 0.6) is 5.75 Å². The van der Waals surface area contributed by atoms with Gasteiger partial charge in [-0.2, -0.15) is 0 Å². The van der Waals surface area contributed by atoms with Gasteiger partial charge in [0, 0.05) is 6.07 Å². The largest absolute Gasteiger partial charge is 0.513 e. The number of carbonyl (C=O) groups is 1. The van der Waals surface area contributed by atoms with Crippen molar-refractivity contribution < 1.29 is 23.6 Å². The Labute approximate surface area is 100 Å². The molecule has 17 heavy (non-hydrogen) atoms. The first-order valence-electron chi connectivity index (χ1n) is 4.43. The molecule has 92 valence electrons. The smallest absolute Gasteiger partial charge is 0.434 e. The molecule has 0 N–H and O–H groups in total. The minimum atomic E-state index is -1.15. The van der Waals surface area contributed by atoms with Crippen LogP contribution in [0.15, 0.2) is 12.1 Å². The number of benzene rings is 1. The molecule has 0 spiro atoms. The van der Waals surface area contributed by atoms with Crippen LogP contribution >= 0.6 is 11.6 Å². The third-order valence-corrected chi connectivity index (χ3v) is 1.96. The number of hydrogen-bond acceptors (Lipinski definition) is 5. The molecular weight excluding hydrogens is 257 g/mol. The minimum Gasteiger partial charge on any atom is -0.434 e. The topological polar surface area (TPSA) is 78.7 Å². The standard InChI is InChI=1S/C9H7ClFNO5/c1-2-16-9(13)17-8-4-7(12(14)15)5(10)3-6(8)11/h3-4H,2H2,1H3. The molecule has 0 bridgehead atoms. The monoisotopic (exact) mass is 263 g/mol. The Hall–Kier alpha value is -1.89. The third-order valence-electron chi connectivity index (χ3n) is 1.65. The number of nitro benzene ring substituents is 1. The minimum absolute atomic E-state index is 0.0378. The van der Waals surface area contributed by atoms with Gasteiger partial charge in [-0.05, 0) is 6.92 Å². The maximum atomic E-state index is 13.3. The molecule has 0 heterocycles. The van der Waals surface area contributed by atoms with Crippen LogP contribution in [0.4, 0.5) is 14.9 Å². The maximum absolute atomic E-state index is 13.3. The molecule has 0 aliphatic rings. The molecule has 0 aliphatic heterocycles. The number of ether oxygens (including phenoxy) is 2. The Kier molecular flexibility index (Phi) is 4.22. The van der Waals surface area contributed by atoms with Crippen LogP contribution in [-0.2, 0) is 4.74 Å². The molecular formula is C9H7ClFNO5. The fourth-order valence-electron chi connectivity index (χ4n) is 0.974. The molecule has 0 unspecified atom stereocenters. The first kappa shape index (κ1) is 13.2. The van der Waals surface area contributed by atoms with E-state index >= 15 is 0 Å². The number of carbonyl (C=O) groups excluding carboxylic acids is 1. The predicted molar refractivity (Wildman–Crippen MR) is 55.7 cm³/mol. The Morgan fingerprint density at radius 1 is 1.59 bits per heavy atom. The van der Waals surface area contributed by atoms with Crippen LogP contribution in [-0.4, -0.2) is 17.7 Å². The molecule has 0 radical (unpaired) electrons. The van der Waals surface area contributed by atoms with E-state index in [2.05, 4.69) is 9.47 Å². The summed E-state index contributed by atoms with van der Waals surface area (Å²) in [4.78, 5) is 20.6. The summed E-state index contributed by atoms with van der Waals surface area (Å²) in [6.45, 7) is 1.57. The van der Waals surface area contributed by atoms with Crippen molar-refractivity contribution in [1.82, 2.24) is 0 Å². The van der Waals surface area contributed by atoms with Gasteiger partial charge >= 0.3 is 6.16 Å². The second kappa shape index (κ2) is 5.44. The van der Waals surface area contributed by atoms with Crippen molar-refractivity contribution >= 4 is 23.4 Å². The van der Waals surface area contributed by atoms with Gasteiger partial charge in [-0.3, -0.25) is 10.1 Å². The normalized spacial score (nSPS) is 9.82. The van der Waals surface area contributed by atoms with Gasteiger partial charge in [-0.15, -0.1) is 0 Å². The summed E-state index contributed by atoms with van der Waals surface area (Å²) in [5.41, 5.74) is -0.563. The average Bonchev–Trinajstić information content (AvgIpc) is 2.21. The lowest BCUT2D eigenvalue weighted by Gasteiger charge is -2.05. The van der Waals surface area contributed by atoms with Crippen molar-refractivity contribution in [2.75, 3.05) is 6.61 Å². The number of nitrogens with zero attached hydrogens (tertiary/aromatic N) is 1. The van der Waals surface area contributed by atoms with Crippen LogP contribution in [0.3, 0.4) is 0 Å². The fourth-order valence-corrected chi connectivity index (χ4v) is 1.19. The van der Waals surface area contributed by atoms with Crippen LogP contribution < -0.4 is 4.74 Å². The summed E-state index contributed by atoms with van der Waals surface area (Å²) in [6, 6.07) is 1.41. The summed E-state index contributed by atoms with van der Waals surface area (Å²) in [5, 5.41) is 10.1. The van der Waals surface area contributed by atoms with Gasteiger partial charge in [0.1, 0.15) is 5.02 Å². The molecule has 1 aromatic rings. The predicted octanol–water partition coefficient (Wildman–Crippen LogP) is 2.92. The SMILES string of the molecule is CCOC(=O)Oc1cc([N+](=O)[O-])c(Cl)cc1F. The van der Waals surface area contributed by atoms with Gasteiger partial charge < -0.3 is 9.47 Å². The van der Waals surface area contributed by atoms with Gasteiger partial charge in [-0.25, -0.2) is 9.18 Å². The highest BCUT2D eigenvalue weighted by Crippen LogP contribution is 2.31. The summed E-state index contributed by atoms with van der Waals surface area (Å²) in [5.74, 6) is -1.60. The zero-order valence-electron chi connectivity index (χ0n) is 8.61. The van der Waals surface area contributed by atoms with Crippen LogP contribution in [0.2, 0.25) is 5.02 Å². The lowest BCUT2D eigenvalue weighted by molar-refractivity contribution is -0.384. The third kappa shape index (κ3) is 3.28. The van der Waals surface area contributed by atoms with E-state index in [1.807, 2.05) is 0 Å². The molecule has 1 aromatic carbocycles. The molecule has 6 nitrogen and oxygen atoms in total. The number of nitro groups is 1. The van der Waals surface area contributed by atoms with E-state index in [9.17, 15) is 19.3 Å².